The van der Waals surface area contributed by atoms with Gasteiger partial charge in [0, 0.05) is 23.8 Å². The van der Waals surface area contributed by atoms with Gasteiger partial charge in [0.05, 0.1) is 0 Å². The Kier molecular flexibility index (Phi) is 5.92. The summed E-state index contributed by atoms with van der Waals surface area (Å²) in [5.41, 5.74) is 1.90. The quantitative estimate of drug-likeness (QED) is 0.695. The fourth-order valence-corrected chi connectivity index (χ4v) is 2.19. The van der Waals surface area contributed by atoms with Crippen molar-refractivity contribution >= 4 is 21.6 Å². The lowest BCUT2D eigenvalue weighted by Crippen LogP contribution is -2.21. The highest BCUT2D eigenvalue weighted by molar-refractivity contribution is 9.09. The zero-order chi connectivity index (χ0) is 15.3. The molecule has 0 N–H and O–H groups in total. The van der Waals surface area contributed by atoms with Gasteiger partial charge in [0.25, 0.3) is 0 Å². The van der Waals surface area contributed by atoms with E-state index in [1.54, 1.807) is 12.1 Å². The second-order valence-corrected chi connectivity index (χ2v) is 5.19. The molecular weight excluding hydrogens is 335 g/mol. The molecule has 1 rings (SSSR count). The SMILES string of the molecule is CC(C)/C(=C/CBr)N(C)c1ccc(OC(F)(F)F)cc1. The molecule has 0 amide bonds. The maximum atomic E-state index is 12.1. The third-order valence-corrected chi connectivity index (χ3v) is 3.05. The van der Waals surface area contributed by atoms with Crippen molar-refractivity contribution in [1.29, 1.82) is 0 Å². The van der Waals surface area contributed by atoms with E-state index in [2.05, 4.69) is 34.5 Å². The van der Waals surface area contributed by atoms with E-state index < -0.39 is 6.36 Å². The summed E-state index contributed by atoms with van der Waals surface area (Å²) in [4.78, 5) is 1.95. The van der Waals surface area contributed by atoms with Gasteiger partial charge < -0.3 is 9.64 Å². The van der Waals surface area contributed by atoms with Gasteiger partial charge in [0.1, 0.15) is 5.75 Å². The predicted octanol–water partition coefficient (Wildman–Crippen LogP) is 4.96. The molecule has 0 radical (unpaired) electrons. The van der Waals surface area contributed by atoms with Crippen LogP contribution in [0.4, 0.5) is 18.9 Å². The van der Waals surface area contributed by atoms with Crippen LogP contribution >= 0.6 is 15.9 Å². The molecule has 1 aromatic carbocycles. The summed E-state index contributed by atoms with van der Waals surface area (Å²) in [5, 5.41) is 0.722. The molecule has 20 heavy (non-hydrogen) atoms. The fourth-order valence-electron chi connectivity index (χ4n) is 1.86. The summed E-state index contributed by atoms with van der Waals surface area (Å²) in [7, 11) is 1.88. The molecule has 0 aromatic heterocycles. The summed E-state index contributed by atoms with van der Waals surface area (Å²) >= 11 is 3.36. The lowest BCUT2D eigenvalue weighted by molar-refractivity contribution is -0.274. The monoisotopic (exact) mass is 351 g/mol. The fraction of sp³-hybridized carbons (Fsp3) is 0.429. The van der Waals surface area contributed by atoms with E-state index in [4.69, 9.17) is 0 Å². The molecule has 0 aliphatic rings. The van der Waals surface area contributed by atoms with Crippen molar-refractivity contribution in [2.24, 2.45) is 5.92 Å². The molecule has 2 nitrogen and oxygen atoms in total. The van der Waals surface area contributed by atoms with Crippen LogP contribution < -0.4 is 9.64 Å². The van der Waals surface area contributed by atoms with Crippen LogP contribution in [-0.4, -0.2) is 18.7 Å². The third-order valence-electron chi connectivity index (χ3n) is 2.72. The molecule has 0 aliphatic heterocycles. The lowest BCUT2D eigenvalue weighted by atomic mass is 10.1. The van der Waals surface area contributed by atoms with E-state index in [1.807, 2.05) is 18.0 Å². The first-order chi connectivity index (χ1) is 9.24. The van der Waals surface area contributed by atoms with E-state index in [0.29, 0.717) is 5.92 Å². The molecule has 0 aliphatic carbocycles. The molecule has 0 unspecified atom stereocenters. The number of halogens is 4. The van der Waals surface area contributed by atoms with Gasteiger partial charge in [0.2, 0.25) is 0 Å². The number of nitrogens with zero attached hydrogens (tertiary/aromatic N) is 1. The highest BCUT2D eigenvalue weighted by Crippen LogP contribution is 2.27. The Labute approximate surface area is 125 Å². The van der Waals surface area contributed by atoms with Crippen LogP contribution in [0.1, 0.15) is 13.8 Å². The van der Waals surface area contributed by atoms with Crippen molar-refractivity contribution in [3.05, 3.63) is 36.0 Å². The smallest absolute Gasteiger partial charge is 0.406 e. The van der Waals surface area contributed by atoms with Crippen LogP contribution in [0.5, 0.6) is 5.75 Å². The Morgan fingerprint density at radius 2 is 1.85 bits per heavy atom. The third kappa shape index (κ3) is 5.07. The maximum Gasteiger partial charge on any atom is 0.573 e. The highest BCUT2D eigenvalue weighted by Gasteiger charge is 2.31. The summed E-state index contributed by atoms with van der Waals surface area (Å²) in [6.45, 7) is 4.12. The van der Waals surface area contributed by atoms with Gasteiger partial charge in [-0.3, -0.25) is 0 Å². The lowest BCUT2D eigenvalue weighted by Gasteiger charge is -2.26. The van der Waals surface area contributed by atoms with Crippen molar-refractivity contribution in [3.8, 4) is 5.75 Å². The first-order valence-corrected chi connectivity index (χ1v) is 7.22. The minimum absolute atomic E-state index is 0.217. The van der Waals surface area contributed by atoms with Crippen LogP contribution in [0, 0.1) is 5.92 Å². The van der Waals surface area contributed by atoms with Gasteiger partial charge in [-0.25, -0.2) is 0 Å². The molecule has 112 valence electrons. The molecule has 0 saturated carbocycles. The highest BCUT2D eigenvalue weighted by atomic mass is 79.9. The van der Waals surface area contributed by atoms with Crippen molar-refractivity contribution in [3.63, 3.8) is 0 Å². The first-order valence-electron chi connectivity index (χ1n) is 6.10. The van der Waals surface area contributed by atoms with Crippen LogP contribution in [-0.2, 0) is 0 Å². The molecule has 0 bridgehead atoms. The zero-order valence-corrected chi connectivity index (χ0v) is 13.1. The van der Waals surface area contributed by atoms with E-state index in [-0.39, 0.29) is 5.75 Å². The molecule has 1 aromatic rings. The number of hydrogen-bond acceptors (Lipinski definition) is 2. The molecule has 0 atom stereocenters. The number of rotatable bonds is 5. The van der Waals surface area contributed by atoms with Gasteiger partial charge in [0.15, 0.2) is 0 Å². The van der Waals surface area contributed by atoms with E-state index in [9.17, 15) is 13.2 Å². The minimum atomic E-state index is -4.66. The number of benzene rings is 1. The minimum Gasteiger partial charge on any atom is -0.406 e. The van der Waals surface area contributed by atoms with Gasteiger partial charge in [-0.1, -0.05) is 35.9 Å². The molecule has 0 saturated heterocycles. The summed E-state index contributed by atoms with van der Waals surface area (Å²) in [6.07, 6.45) is -2.63. The second-order valence-electron chi connectivity index (χ2n) is 4.54. The molecular formula is C14H17BrF3NO. The molecule has 0 fully saturated rings. The normalized spacial score (nSPS) is 12.7. The predicted molar refractivity (Wildman–Crippen MR) is 78.2 cm³/mol. The summed E-state index contributed by atoms with van der Waals surface area (Å²) in [5.74, 6) is 0.0915. The van der Waals surface area contributed by atoms with Gasteiger partial charge in [-0.15, -0.1) is 13.2 Å². The van der Waals surface area contributed by atoms with Crippen molar-refractivity contribution < 1.29 is 17.9 Å². The Bertz CT molecular complexity index is 454. The Morgan fingerprint density at radius 1 is 1.30 bits per heavy atom. The second kappa shape index (κ2) is 7.02. The van der Waals surface area contributed by atoms with E-state index in [1.165, 1.54) is 12.1 Å². The van der Waals surface area contributed by atoms with Crippen LogP contribution in [0.3, 0.4) is 0 Å². The number of ether oxygens (including phenoxy) is 1. The van der Waals surface area contributed by atoms with Gasteiger partial charge in [-0.05, 0) is 30.2 Å². The molecule has 0 spiro atoms. The average Bonchev–Trinajstić information content (AvgIpc) is 2.33. The van der Waals surface area contributed by atoms with Crippen molar-refractivity contribution in [2.75, 3.05) is 17.3 Å². The number of hydrogen-bond donors (Lipinski definition) is 0. The Morgan fingerprint density at radius 3 is 2.25 bits per heavy atom. The Hall–Kier alpha value is -1.17. The summed E-state index contributed by atoms with van der Waals surface area (Å²) < 4.78 is 40.1. The van der Waals surface area contributed by atoms with Crippen molar-refractivity contribution in [1.82, 2.24) is 0 Å². The van der Waals surface area contributed by atoms with Gasteiger partial charge >= 0.3 is 6.36 Å². The largest absolute Gasteiger partial charge is 0.573 e. The molecule has 6 heteroatoms. The maximum absolute atomic E-state index is 12.1. The van der Waals surface area contributed by atoms with Crippen molar-refractivity contribution in [2.45, 2.75) is 20.2 Å². The van der Waals surface area contributed by atoms with Crippen LogP contribution in [0.25, 0.3) is 0 Å². The Balaban J connectivity index is 2.90. The van der Waals surface area contributed by atoms with Crippen LogP contribution in [0.15, 0.2) is 36.0 Å². The standard InChI is InChI=1S/C14H17BrF3NO/c1-10(2)13(8-9-15)19(3)11-4-6-12(7-5-11)20-14(16,17)18/h4-8,10H,9H2,1-3H3/b13-8-. The summed E-state index contributed by atoms with van der Waals surface area (Å²) in [6, 6.07) is 5.83. The zero-order valence-electron chi connectivity index (χ0n) is 11.5. The number of anilines is 1. The van der Waals surface area contributed by atoms with Crippen LogP contribution in [0.2, 0.25) is 0 Å². The number of allylic oxidation sites excluding steroid dienone is 2. The first kappa shape index (κ1) is 16.9. The van der Waals surface area contributed by atoms with E-state index >= 15 is 0 Å². The number of alkyl halides is 4. The topological polar surface area (TPSA) is 12.5 Å². The average molecular weight is 352 g/mol. The van der Waals surface area contributed by atoms with Gasteiger partial charge in [-0.2, -0.15) is 0 Å². The van der Waals surface area contributed by atoms with E-state index in [0.717, 1.165) is 16.7 Å². The molecule has 0 heterocycles.